The second-order valence-corrected chi connectivity index (χ2v) is 2.73. The van der Waals surface area contributed by atoms with Crippen molar-refractivity contribution in [2.24, 2.45) is 5.73 Å². The topological polar surface area (TPSA) is 149 Å². The predicted octanol–water partition coefficient (Wildman–Crippen LogP) is 0.418. The van der Waals surface area contributed by atoms with Crippen molar-refractivity contribution in [1.29, 1.82) is 5.41 Å². The molecule has 0 atom stereocenters. The van der Waals surface area contributed by atoms with Gasteiger partial charge in [-0.25, -0.2) is 0 Å². The molecule has 0 fully saturated rings. The number of para-hydroxylation sites is 2. The first-order valence-electron chi connectivity index (χ1n) is 4.13. The Morgan fingerprint density at radius 1 is 1.35 bits per heavy atom. The third-order valence-corrected chi connectivity index (χ3v) is 1.66. The number of hydroxylamine groups is 1. The maximum Gasteiger partial charge on any atom is 0.317 e. The molecule has 0 saturated carbocycles. The normalized spacial score (nSPS) is 9.41. The average molecular weight is 241 g/mol. The third kappa shape index (κ3) is 2.77. The molecule has 1 aromatic carbocycles. The van der Waals surface area contributed by atoms with Gasteiger partial charge in [-0.15, -0.1) is 15.2 Å². The molecular weight excluding hydrogens is 234 g/mol. The molecule has 0 bridgehead atoms. The van der Waals surface area contributed by atoms with Crippen molar-refractivity contribution >= 4 is 17.3 Å². The van der Waals surface area contributed by atoms with Gasteiger partial charge >= 0.3 is 5.09 Å². The fraction of sp³-hybridized carbons (Fsp3) is 0. The summed E-state index contributed by atoms with van der Waals surface area (Å²) in [6.07, 6.45) is 0. The molecule has 0 aromatic heterocycles. The summed E-state index contributed by atoms with van der Waals surface area (Å²) >= 11 is 0. The Hall–Kier alpha value is -2.91. The quantitative estimate of drug-likeness (QED) is 0.335. The summed E-state index contributed by atoms with van der Waals surface area (Å²) < 4.78 is 0. The maximum atomic E-state index is 10.7. The lowest BCUT2D eigenvalue weighted by Gasteiger charge is -2.17. The van der Waals surface area contributed by atoms with E-state index >= 15 is 0 Å². The number of nitrogens with two attached hydrogens (primary N) is 1. The summed E-state index contributed by atoms with van der Waals surface area (Å²) in [6, 6.07) is 5.03. The molecule has 0 aliphatic carbocycles. The molecule has 0 heterocycles. The Morgan fingerprint density at radius 2 is 1.94 bits per heavy atom. The Labute approximate surface area is 93.9 Å². The van der Waals surface area contributed by atoms with Gasteiger partial charge in [-0.2, -0.15) is 4.94 Å². The van der Waals surface area contributed by atoms with Crippen LogP contribution in [0.2, 0.25) is 0 Å². The van der Waals surface area contributed by atoms with E-state index in [0.717, 1.165) is 6.07 Å². The zero-order valence-corrected chi connectivity index (χ0v) is 8.27. The van der Waals surface area contributed by atoms with Gasteiger partial charge < -0.3 is 5.73 Å². The van der Waals surface area contributed by atoms with E-state index in [-0.39, 0.29) is 10.8 Å². The number of benzene rings is 1. The van der Waals surface area contributed by atoms with Crippen LogP contribution >= 0.6 is 0 Å². The summed E-state index contributed by atoms with van der Waals surface area (Å²) in [5.74, 6) is -0.851. The van der Waals surface area contributed by atoms with Crippen LogP contribution in [0.1, 0.15) is 0 Å². The molecule has 0 saturated heterocycles. The third-order valence-electron chi connectivity index (χ3n) is 1.66. The van der Waals surface area contributed by atoms with E-state index in [1.165, 1.54) is 18.2 Å². The van der Waals surface area contributed by atoms with Crippen molar-refractivity contribution in [3.8, 4) is 0 Å². The molecule has 0 unspecified atom stereocenters. The molecule has 90 valence electrons. The van der Waals surface area contributed by atoms with Gasteiger partial charge in [0, 0.05) is 6.07 Å². The molecule has 0 radical (unpaired) electrons. The Balaban J connectivity index is 3.22. The maximum absolute atomic E-state index is 10.7. The van der Waals surface area contributed by atoms with Crippen molar-refractivity contribution < 1.29 is 14.9 Å². The number of hydrogen-bond donors (Lipinski definition) is 2. The Bertz CT molecular complexity index is 475. The van der Waals surface area contributed by atoms with Crippen LogP contribution in [0, 0.1) is 25.6 Å². The van der Waals surface area contributed by atoms with Crippen molar-refractivity contribution in [2.45, 2.75) is 0 Å². The molecule has 0 amide bonds. The van der Waals surface area contributed by atoms with Gasteiger partial charge in [0.2, 0.25) is 5.96 Å². The van der Waals surface area contributed by atoms with E-state index in [9.17, 15) is 20.2 Å². The van der Waals surface area contributed by atoms with E-state index in [2.05, 4.69) is 4.94 Å². The molecule has 10 heteroatoms. The first kappa shape index (κ1) is 12.2. The van der Waals surface area contributed by atoms with Gasteiger partial charge in [0.25, 0.3) is 5.69 Å². The van der Waals surface area contributed by atoms with Crippen LogP contribution in [0.25, 0.3) is 0 Å². The highest BCUT2D eigenvalue weighted by Crippen LogP contribution is 2.27. The van der Waals surface area contributed by atoms with E-state index < -0.39 is 21.7 Å². The van der Waals surface area contributed by atoms with Gasteiger partial charge in [0.1, 0.15) is 0 Å². The van der Waals surface area contributed by atoms with Gasteiger partial charge in [-0.1, -0.05) is 12.1 Å². The highest BCUT2D eigenvalue weighted by Gasteiger charge is 2.23. The zero-order chi connectivity index (χ0) is 13.0. The summed E-state index contributed by atoms with van der Waals surface area (Å²) in [6.45, 7) is 0. The van der Waals surface area contributed by atoms with Crippen LogP contribution in [-0.2, 0) is 4.94 Å². The molecule has 0 aliphatic rings. The first-order chi connectivity index (χ1) is 7.93. The van der Waals surface area contributed by atoms with Crippen LogP contribution in [0.5, 0.6) is 0 Å². The van der Waals surface area contributed by atoms with E-state index in [4.69, 9.17) is 11.1 Å². The molecule has 10 nitrogen and oxygen atoms in total. The fourth-order valence-electron chi connectivity index (χ4n) is 1.07. The van der Waals surface area contributed by atoms with Crippen LogP contribution < -0.4 is 10.8 Å². The van der Waals surface area contributed by atoms with Crippen molar-refractivity contribution in [3.05, 3.63) is 44.5 Å². The van der Waals surface area contributed by atoms with Crippen LogP contribution in [0.15, 0.2) is 24.3 Å². The van der Waals surface area contributed by atoms with Crippen molar-refractivity contribution in [3.63, 3.8) is 0 Å². The van der Waals surface area contributed by atoms with Gasteiger partial charge in [-0.3, -0.25) is 15.5 Å². The number of nitro groups is 1. The monoisotopic (exact) mass is 241 g/mol. The van der Waals surface area contributed by atoms with Crippen LogP contribution in [0.4, 0.5) is 11.4 Å². The molecule has 1 aromatic rings. The summed E-state index contributed by atoms with van der Waals surface area (Å²) in [5.41, 5.74) is 4.27. The van der Waals surface area contributed by atoms with Gasteiger partial charge in [0.15, 0.2) is 5.69 Å². The molecule has 0 aliphatic heterocycles. The van der Waals surface area contributed by atoms with Crippen molar-refractivity contribution in [1.82, 2.24) is 0 Å². The number of hydrogen-bond acceptors (Lipinski definition) is 6. The lowest BCUT2D eigenvalue weighted by atomic mass is 10.2. The lowest BCUT2D eigenvalue weighted by molar-refractivity contribution is -0.758. The van der Waals surface area contributed by atoms with E-state index in [1.54, 1.807) is 0 Å². The number of guanidine groups is 1. The standard InChI is InChI=1S/C7H7N5O5/c8-7(9)10(17-12(15)16)5-3-1-2-4-6(5)11(13)14/h1-4H,(H3,8,9). The minimum atomic E-state index is -1.22. The SMILES string of the molecule is N=C(N)N(O[N+](=O)[O-])c1ccccc1[N+](=O)[O-]. The zero-order valence-electron chi connectivity index (χ0n) is 8.27. The summed E-state index contributed by atoms with van der Waals surface area (Å²) in [4.78, 5) is 24.1. The fourth-order valence-corrected chi connectivity index (χ4v) is 1.07. The molecular formula is C7H7N5O5. The van der Waals surface area contributed by atoms with E-state index in [0.29, 0.717) is 0 Å². The highest BCUT2D eigenvalue weighted by atomic mass is 17.0. The predicted molar refractivity (Wildman–Crippen MR) is 55.6 cm³/mol. The van der Waals surface area contributed by atoms with Crippen molar-refractivity contribution in [2.75, 3.05) is 5.06 Å². The molecule has 3 N–H and O–H groups in total. The minimum Gasteiger partial charge on any atom is -0.368 e. The number of nitrogens with one attached hydrogen (secondary N) is 1. The van der Waals surface area contributed by atoms with Crippen LogP contribution in [-0.4, -0.2) is 16.0 Å². The number of nitrogens with zero attached hydrogens (tertiary/aromatic N) is 3. The molecule has 17 heavy (non-hydrogen) atoms. The van der Waals surface area contributed by atoms with Gasteiger partial charge in [-0.05, 0) is 6.07 Å². The average Bonchev–Trinajstić information content (AvgIpc) is 2.25. The largest absolute Gasteiger partial charge is 0.368 e. The van der Waals surface area contributed by atoms with Crippen LogP contribution in [0.3, 0.4) is 0 Å². The smallest absolute Gasteiger partial charge is 0.317 e. The number of rotatable bonds is 4. The Kier molecular flexibility index (Phi) is 3.39. The molecule has 0 spiro atoms. The second kappa shape index (κ2) is 4.74. The second-order valence-electron chi connectivity index (χ2n) is 2.73. The highest BCUT2D eigenvalue weighted by molar-refractivity contribution is 5.92. The Morgan fingerprint density at radius 3 is 2.41 bits per heavy atom. The minimum absolute atomic E-state index is 0.248. The summed E-state index contributed by atoms with van der Waals surface area (Å²) in [5, 5.41) is 27.0. The lowest BCUT2D eigenvalue weighted by Crippen LogP contribution is -2.38. The molecule has 1 rings (SSSR count). The number of nitro benzene ring substituents is 1. The first-order valence-corrected chi connectivity index (χ1v) is 4.13. The van der Waals surface area contributed by atoms with E-state index in [1.807, 2.05) is 0 Å². The number of anilines is 1. The van der Waals surface area contributed by atoms with Gasteiger partial charge in [0.05, 0.1) is 4.92 Å². The summed E-state index contributed by atoms with van der Waals surface area (Å²) in [7, 11) is 0.